The van der Waals surface area contributed by atoms with Crippen LogP contribution in [0.3, 0.4) is 0 Å². The number of carbonyl (C=O) groups excluding carboxylic acids is 1. The van der Waals surface area contributed by atoms with Crippen LogP contribution < -0.4 is 10.6 Å². The zero-order valence-electron chi connectivity index (χ0n) is 16.2. The van der Waals surface area contributed by atoms with E-state index in [9.17, 15) is 4.79 Å². The van der Waals surface area contributed by atoms with Crippen LogP contribution in [0.15, 0.2) is 42.5 Å². The minimum Gasteiger partial charge on any atom is -0.346 e. The fourth-order valence-electron chi connectivity index (χ4n) is 3.15. The second-order valence-corrected chi connectivity index (χ2v) is 7.76. The molecule has 2 aromatic rings. The molecular weight excluding hydrogens is 392 g/mol. The Hall–Kier alpha value is -2.15. The van der Waals surface area contributed by atoms with Crippen LogP contribution in [-0.2, 0) is 4.79 Å². The number of hydrogen-bond acceptors (Lipinski definition) is 3. The van der Waals surface area contributed by atoms with E-state index in [0.29, 0.717) is 17.3 Å². The normalized spacial score (nSPS) is 14.6. The number of carbonyl (C=O) groups is 1. The number of rotatable bonds is 4. The molecule has 0 aromatic heterocycles. The van der Waals surface area contributed by atoms with Crippen molar-refractivity contribution in [3.63, 3.8) is 0 Å². The van der Waals surface area contributed by atoms with Gasteiger partial charge in [-0.15, -0.1) is 0 Å². The van der Waals surface area contributed by atoms with Crippen molar-refractivity contribution in [3.8, 4) is 0 Å². The third-order valence-electron chi connectivity index (χ3n) is 5.02. The first-order chi connectivity index (χ1) is 13.4. The largest absolute Gasteiger partial charge is 0.346 e. The number of aryl methyl sites for hydroxylation is 1. The van der Waals surface area contributed by atoms with Gasteiger partial charge < -0.3 is 15.5 Å². The summed E-state index contributed by atoms with van der Waals surface area (Å²) in [6.45, 7) is 7.67. The minimum absolute atomic E-state index is 0.0577. The van der Waals surface area contributed by atoms with Gasteiger partial charge in [-0.05, 0) is 55.4 Å². The van der Waals surface area contributed by atoms with Crippen molar-refractivity contribution in [3.05, 3.63) is 58.6 Å². The van der Waals surface area contributed by atoms with E-state index in [4.69, 9.17) is 23.8 Å². The summed E-state index contributed by atoms with van der Waals surface area (Å²) in [4.78, 5) is 16.6. The number of para-hydroxylation sites is 1. The average molecular weight is 417 g/mol. The summed E-state index contributed by atoms with van der Waals surface area (Å²) in [6.07, 6.45) is 0. The van der Waals surface area contributed by atoms with Crippen LogP contribution >= 0.6 is 23.8 Å². The maximum absolute atomic E-state index is 12.3. The smallest absolute Gasteiger partial charge is 0.238 e. The highest BCUT2D eigenvalue weighted by Gasteiger charge is 2.21. The van der Waals surface area contributed by atoms with E-state index in [-0.39, 0.29) is 5.91 Å². The van der Waals surface area contributed by atoms with Gasteiger partial charge in [0, 0.05) is 31.9 Å². The Labute approximate surface area is 176 Å². The zero-order chi connectivity index (χ0) is 20.1. The number of hydrogen-bond donors (Lipinski definition) is 2. The molecule has 1 heterocycles. The van der Waals surface area contributed by atoms with E-state index in [1.54, 1.807) is 12.1 Å². The molecule has 0 unspecified atom stereocenters. The second-order valence-electron chi connectivity index (χ2n) is 6.97. The van der Waals surface area contributed by atoms with Crippen LogP contribution in [0.2, 0.25) is 5.02 Å². The lowest BCUT2D eigenvalue weighted by Crippen LogP contribution is -2.51. The molecule has 2 N–H and O–H groups in total. The van der Waals surface area contributed by atoms with Gasteiger partial charge in [0.25, 0.3) is 0 Å². The maximum Gasteiger partial charge on any atom is 0.238 e. The van der Waals surface area contributed by atoms with Crippen LogP contribution in [0.25, 0.3) is 0 Å². The molecule has 0 radical (unpaired) electrons. The average Bonchev–Trinajstić information content (AvgIpc) is 2.68. The molecule has 7 heteroatoms. The van der Waals surface area contributed by atoms with E-state index >= 15 is 0 Å². The third-order valence-corrected chi connectivity index (χ3v) is 5.71. The lowest BCUT2D eigenvalue weighted by Gasteiger charge is -2.36. The SMILES string of the molecule is Cc1cccc(NC(=S)N2CCN(CC(=O)Nc3ccccc3Cl)CC2)c1C. The molecule has 1 aliphatic rings. The first kappa shape index (κ1) is 20.6. The predicted molar refractivity (Wildman–Crippen MR) is 120 cm³/mol. The molecule has 3 rings (SSSR count). The van der Waals surface area contributed by atoms with Crippen molar-refractivity contribution in [2.24, 2.45) is 0 Å². The van der Waals surface area contributed by atoms with Crippen molar-refractivity contribution in [1.29, 1.82) is 0 Å². The van der Waals surface area contributed by atoms with Crippen LogP contribution in [-0.4, -0.2) is 53.5 Å². The van der Waals surface area contributed by atoms with Crippen molar-refractivity contribution in [2.45, 2.75) is 13.8 Å². The Morgan fingerprint density at radius 2 is 1.68 bits per heavy atom. The molecular formula is C21H25ClN4OS. The van der Waals surface area contributed by atoms with E-state index in [1.165, 1.54) is 11.1 Å². The van der Waals surface area contributed by atoms with Crippen molar-refractivity contribution in [1.82, 2.24) is 9.80 Å². The Balaban J connectivity index is 1.47. The standard InChI is InChI=1S/C21H25ClN4OS/c1-15-6-5-9-18(16(15)2)24-21(28)26-12-10-25(11-13-26)14-20(27)23-19-8-4-3-7-17(19)22/h3-9H,10-14H2,1-2H3,(H,23,27)(H,24,28). The van der Waals surface area contributed by atoms with Crippen LogP contribution in [0, 0.1) is 13.8 Å². The number of nitrogens with zero attached hydrogens (tertiary/aromatic N) is 2. The molecule has 0 spiro atoms. The Kier molecular flexibility index (Phi) is 6.88. The monoisotopic (exact) mass is 416 g/mol. The summed E-state index contributed by atoms with van der Waals surface area (Å²) >= 11 is 11.7. The molecule has 1 fully saturated rings. The van der Waals surface area contributed by atoms with Gasteiger partial charge in [0.1, 0.15) is 0 Å². The van der Waals surface area contributed by atoms with Crippen molar-refractivity contribution >= 4 is 46.2 Å². The fourth-order valence-corrected chi connectivity index (χ4v) is 3.62. The number of anilines is 2. The Morgan fingerprint density at radius 3 is 2.39 bits per heavy atom. The predicted octanol–water partition coefficient (Wildman–Crippen LogP) is 3.91. The van der Waals surface area contributed by atoms with Crippen molar-refractivity contribution < 1.29 is 4.79 Å². The second kappa shape index (κ2) is 9.37. The van der Waals surface area contributed by atoms with Gasteiger partial charge in [0.05, 0.1) is 17.3 Å². The van der Waals surface area contributed by atoms with Gasteiger partial charge in [-0.3, -0.25) is 9.69 Å². The molecule has 28 heavy (non-hydrogen) atoms. The molecule has 0 bridgehead atoms. The number of thiocarbonyl (C=S) groups is 1. The molecule has 5 nitrogen and oxygen atoms in total. The summed E-state index contributed by atoms with van der Waals surface area (Å²) < 4.78 is 0. The molecule has 0 saturated carbocycles. The zero-order valence-corrected chi connectivity index (χ0v) is 17.7. The summed E-state index contributed by atoms with van der Waals surface area (Å²) in [5.41, 5.74) is 4.14. The molecule has 148 valence electrons. The van der Waals surface area contributed by atoms with Crippen LogP contribution in [0.5, 0.6) is 0 Å². The summed E-state index contributed by atoms with van der Waals surface area (Å²) in [5, 5.41) is 7.51. The number of amides is 1. The molecule has 1 saturated heterocycles. The minimum atomic E-state index is -0.0577. The van der Waals surface area contributed by atoms with Gasteiger partial charge in [-0.2, -0.15) is 0 Å². The number of halogens is 1. The molecule has 0 aliphatic carbocycles. The summed E-state index contributed by atoms with van der Waals surface area (Å²) in [6, 6.07) is 13.4. The summed E-state index contributed by atoms with van der Waals surface area (Å²) in [7, 11) is 0. The van der Waals surface area contributed by atoms with Crippen LogP contribution in [0.4, 0.5) is 11.4 Å². The van der Waals surface area contributed by atoms with Gasteiger partial charge in [0.15, 0.2) is 5.11 Å². The Morgan fingerprint density at radius 1 is 1.00 bits per heavy atom. The van der Waals surface area contributed by atoms with Crippen LogP contribution in [0.1, 0.15) is 11.1 Å². The number of nitrogens with one attached hydrogen (secondary N) is 2. The highest BCUT2D eigenvalue weighted by molar-refractivity contribution is 7.80. The lowest BCUT2D eigenvalue weighted by atomic mass is 10.1. The fraction of sp³-hybridized carbons (Fsp3) is 0.333. The maximum atomic E-state index is 12.3. The van der Waals surface area contributed by atoms with E-state index in [2.05, 4.69) is 40.3 Å². The third kappa shape index (κ3) is 5.22. The van der Waals surface area contributed by atoms with Gasteiger partial charge in [-0.25, -0.2) is 0 Å². The van der Waals surface area contributed by atoms with Gasteiger partial charge >= 0.3 is 0 Å². The molecule has 2 aromatic carbocycles. The first-order valence-electron chi connectivity index (χ1n) is 9.33. The number of benzene rings is 2. The lowest BCUT2D eigenvalue weighted by molar-refractivity contribution is -0.117. The number of piperazine rings is 1. The van der Waals surface area contributed by atoms with E-state index < -0.39 is 0 Å². The van der Waals surface area contributed by atoms with E-state index in [1.807, 2.05) is 24.3 Å². The van der Waals surface area contributed by atoms with Gasteiger partial charge in [-0.1, -0.05) is 35.9 Å². The highest BCUT2D eigenvalue weighted by Crippen LogP contribution is 2.21. The first-order valence-corrected chi connectivity index (χ1v) is 10.1. The molecule has 0 atom stereocenters. The van der Waals surface area contributed by atoms with Gasteiger partial charge in [0.2, 0.25) is 5.91 Å². The molecule has 1 aliphatic heterocycles. The van der Waals surface area contributed by atoms with Crippen molar-refractivity contribution in [2.75, 3.05) is 43.4 Å². The molecule has 1 amide bonds. The Bertz CT molecular complexity index is 865. The quantitative estimate of drug-likeness (QED) is 0.740. The van der Waals surface area contributed by atoms with E-state index in [0.717, 1.165) is 37.0 Å². The topological polar surface area (TPSA) is 47.6 Å². The highest BCUT2D eigenvalue weighted by atomic mass is 35.5. The summed E-state index contributed by atoms with van der Waals surface area (Å²) in [5.74, 6) is -0.0577.